The van der Waals surface area contributed by atoms with Crippen LogP contribution in [0.15, 0.2) is 54.6 Å². The van der Waals surface area contributed by atoms with Gasteiger partial charge >= 0.3 is 0 Å². The lowest BCUT2D eigenvalue weighted by atomic mass is 9.94. The normalized spacial score (nSPS) is 20.0. The Morgan fingerprint density at radius 3 is 2.38 bits per heavy atom. The maximum atomic E-state index is 5.82. The molecule has 2 atom stereocenters. The van der Waals surface area contributed by atoms with Crippen LogP contribution >= 0.6 is 15.9 Å². The minimum absolute atomic E-state index is 0.351. The Balaban J connectivity index is 1.66. The summed E-state index contributed by atoms with van der Waals surface area (Å²) in [5.41, 5.74) is 1.28. The van der Waals surface area contributed by atoms with Gasteiger partial charge in [0.15, 0.2) is 0 Å². The molecule has 21 heavy (non-hydrogen) atoms. The van der Waals surface area contributed by atoms with E-state index in [1.807, 2.05) is 42.5 Å². The summed E-state index contributed by atoms with van der Waals surface area (Å²) in [7, 11) is 0. The van der Waals surface area contributed by atoms with Crippen molar-refractivity contribution in [1.29, 1.82) is 0 Å². The zero-order valence-electron chi connectivity index (χ0n) is 11.9. The third kappa shape index (κ3) is 3.86. The van der Waals surface area contributed by atoms with E-state index in [0.717, 1.165) is 31.1 Å². The van der Waals surface area contributed by atoms with E-state index in [-0.39, 0.29) is 0 Å². The molecule has 0 saturated carbocycles. The van der Waals surface area contributed by atoms with E-state index in [0.29, 0.717) is 10.7 Å². The van der Waals surface area contributed by atoms with Crippen LogP contribution in [0.4, 0.5) is 0 Å². The van der Waals surface area contributed by atoms with Crippen LogP contribution < -0.4 is 4.74 Å². The number of rotatable bonds is 4. The highest BCUT2D eigenvalue weighted by molar-refractivity contribution is 9.09. The van der Waals surface area contributed by atoms with Gasteiger partial charge in [0, 0.05) is 11.4 Å². The fraction of sp³-hybridized carbons (Fsp3) is 0.333. The summed E-state index contributed by atoms with van der Waals surface area (Å²) in [5.74, 6) is 2.28. The predicted octanol–water partition coefficient (Wildman–Crippen LogP) is 5.34. The van der Waals surface area contributed by atoms with Gasteiger partial charge in [-0.25, -0.2) is 0 Å². The second-order valence-electron chi connectivity index (χ2n) is 5.36. The van der Waals surface area contributed by atoms with Crippen molar-refractivity contribution in [3.8, 4) is 11.5 Å². The second-order valence-corrected chi connectivity index (χ2v) is 6.35. The first-order valence-electron chi connectivity index (χ1n) is 7.37. The minimum Gasteiger partial charge on any atom is -0.457 e. The fourth-order valence-corrected chi connectivity index (χ4v) is 3.34. The van der Waals surface area contributed by atoms with Gasteiger partial charge in [-0.05, 0) is 48.6 Å². The lowest BCUT2D eigenvalue weighted by Gasteiger charge is -2.26. The van der Waals surface area contributed by atoms with Gasteiger partial charge < -0.3 is 9.47 Å². The maximum absolute atomic E-state index is 5.82. The molecule has 0 aromatic heterocycles. The van der Waals surface area contributed by atoms with E-state index in [4.69, 9.17) is 9.47 Å². The summed E-state index contributed by atoms with van der Waals surface area (Å²) >= 11 is 3.82. The molecule has 3 rings (SSSR count). The number of benzene rings is 2. The molecule has 1 saturated heterocycles. The Bertz CT molecular complexity index is 547. The third-order valence-corrected chi connectivity index (χ3v) is 5.06. The second kappa shape index (κ2) is 7.10. The largest absolute Gasteiger partial charge is 0.457 e. The highest BCUT2D eigenvalue weighted by Crippen LogP contribution is 2.36. The molecule has 2 aromatic carbocycles. The maximum Gasteiger partial charge on any atom is 0.127 e. The van der Waals surface area contributed by atoms with Gasteiger partial charge in [-0.1, -0.05) is 46.3 Å². The lowest BCUT2D eigenvalue weighted by molar-refractivity contribution is 0.0546. The van der Waals surface area contributed by atoms with E-state index in [9.17, 15) is 0 Å². The topological polar surface area (TPSA) is 18.5 Å². The SMILES string of the molecule is BrC(c1ccc(Oc2ccccc2)cc1)C1CCCOC1. The molecule has 1 aliphatic rings. The van der Waals surface area contributed by atoms with Crippen molar-refractivity contribution >= 4 is 15.9 Å². The lowest BCUT2D eigenvalue weighted by Crippen LogP contribution is -2.20. The van der Waals surface area contributed by atoms with E-state index in [1.54, 1.807) is 0 Å². The van der Waals surface area contributed by atoms with Gasteiger partial charge in [0.25, 0.3) is 0 Å². The fourth-order valence-electron chi connectivity index (χ4n) is 2.61. The van der Waals surface area contributed by atoms with Crippen LogP contribution in [0.1, 0.15) is 23.2 Å². The van der Waals surface area contributed by atoms with Crippen LogP contribution in [0.25, 0.3) is 0 Å². The Morgan fingerprint density at radius 2 is 1.71 bits per heavy atom. The monoisotopic (exact) mass is 346 g/mol. The quantitative estimate of drug-likeness (QED) is 0.695. The first-order valence-corrected chi connectivity index (χ1v) is 8.29. The summed E-state index contributed by atoms with van der Waals surface area (Å²) in [6, 6.07) is 18.2. The van der Waals surface area contributed by atoms with Crippen LogP contribution in [-0.2, 0) is 4.74 Å². The predicted molar refractivity (Wildman–Crippen MR) is 88.2 cm³/mol. The van der Waals surface area contributed by atoms with Gasteiger partial charge in [0.1, 0.15) is 11.5 Å². The molecule has 0 spiro atoms. The molecule has 3 heteroatoms. The van der Waals surface area contributed by atoms with Gasteiger partial charge in [-0.3, -0.25) is 0 Å². The summed E-state index contributed by atoms with van der Waals surface area (Å²) in [5, 5.41) is 0. The number of halogens is 1. The van der Waals surface area contributed by atoms with Gasteiger partial charge in [-0.15, -0.1) is 0 Å². The molecule has 1 heterocycles. The van der Waals surface area contributed by atoms with Crippen molar-refractivity contribution in [1.82, 2.24) is 0 Å². The zero-order valence-corrected chi connectivity index (χ0v) is 13.5. The van der Waals surface area contributed by atoms with Crippen molar-refractivity contribution in [3.05, 3.63) is 60.2 Å². The Kier molecular flexibility index (Phi) is 4.94. The van der Waals surface area contributed by atoms with Crippen LogP contribution in [-0.4, -0.2) is 13.2 Å². The Hall–Kier alpha value is -1.32. The molecular weight excluding hydrogens is 328 g/mol. The van der Waals surface area contributed by atoms with Gasteiger partial charge in [0.2, 0.25) is 0 Å². The van der Waals surface area contributed by atoms with Crippen LogP contribution in [0.5, 0.6) is 11.5 Å². The molecule has 1 aliphatic heterocycles. The number of alkyl halides is 1. The van der Waals surface area contributed by atoms with Crippen molar-refractivity contribution in [2.45, 2.75) is 17.7 Å². The molecule has 2 unspecified atom stereocenters. The molecule has 0 aliphatic carbocycles. The molecule has 0 amide bonds. The van der Waals surface area contributed by atoms with Crippen LogP contribution in [0, 0.1) is 5.92 Å². The molecule has 2 aromatic rings. The average molecular weight is 347 g/mol. The first-order chi connectivity index (χ1) is 10.3. The van der Waals surface area contributed by atoms with Crippen molar-refractivity contribution in [2.24, 2.45) is 5.92 Å². The minimum atomic E-state index is 0.351. The molecule has 0 bridgehead atoms. The Morgan fingerprint density at radius 1 is 1.00 bits per heavy atom. The van der Waals surface area contributed by atoms with Crippen molar-refractivity contribution in [2.75, 3.05) is 13.2 Å². The van der Waals surface area contributed by atoms with E-state index < -0.39 is 0 Å². The smallest absolute Gasteiger partial charge is 0.127 e. The molecular formula is C18H19BrO2. The van der Waals surface area contributed by atoms with Crippen LogP contribution in [0.3, 0.4) is 0 Å². The van der Waals surface area contributed by atoms with Gasteiger partial charge in [0.05, 0.1) is 6.61 Å². The summed E-state index contributed by atoms with van der Waals surface area (Å²) in [6.45, 7) is 1.75. The summed E-state index contributed by atoms with van der Waals surface area (Å²) < 4.78 is 11.4. The Labute approximate surface area is 134 Å². The number of hydrogen-bond acceptors (Lipinski definition) is 2. The van der Waals surface area contributed by atoms with Crippen molar-refractivity contribution < 1.29 is 9.47 Å². The molecule has 110 valence electrons. The number of ether oxygens (including phenoxy) is 2. The molecule has 1 fully saturated rings. The highest BCUT2D eigenvalue weighted by Gasteiger charge is 2.23. The molecule has 0 radical (unpaired) electrons. The summed E-state index contributed by atoms with van der Waals surface area (Å²) in [4.78, 5) is 0.351. The van der Waals surface area contributed by atoms with E-state index >= 15 is 0 Å². The zero-order chi connectivity index (χ0) is 14.5. The van der Waals surface area contributed by atoms with Crippen LogP contribution in [0.2, 0.25) is 0 Å². The highest BCUT2D eigenvalue weighted by atomic mass is 79.9. The van der Waals surface area contributed by atoms with E-state index in [1.165, 1.54) is 12.0 Å². The summed E-state index contributed by atoms with van der Waals surface area (Å²) in [6.07, 6.45) is 2.38. The average Bonchev–Trinajstić information content (AvgIpc) is 2.57. The standard InChI is InChI=1S/C18H19BrO2/c19-18(15-5-4-12-20-13-15)14-8-10-17(11-9-14)21-16-6-2-1-3-7-16/h1-3,6-11,15,18H,4-5,12-13H2. The first kappa shape index (κ1) is 14.6. The van der Waals surface area contributed by atoms with Crippen molar-refractivity contribution in [3.63, 3.8) is 0 Å². The number of para-hydroxylation sites is 1. The molecule has 2 nitrogen and oxygen atoms in total. The molecule has 0 N–H and O–H groups in total. The van der Waals surface area contributed by atoms with Gasteiger partial charge in [-0.2, -0.15) is 0 Å². The number of hydrogen-bond donors (Lipinski definition) is 0. The third-order valence-electron chi connectivity index (χ3n) is 3.79. The van der Waals surface area contributed by atoms with E-state index in [2.05, 4.69) is 28.1 Å².